The molecule has 2 aromatic heterocycles. The molecular formula is C19H14N2O2S. The molecule has 0 aliphatic carbocycles. The maximum atomic E-state index is 13.1. The molecule has 4 rings (SSSR count). The first kappa shape index (κ1) is 14.7. The third-order valence-corrected chi connectivity index (χ3v) is 4.80. The smallest absolute Gasteiger partial charge is 0.267 e. The number of thiophene rings is 1. The lowest BCUT2D eigenvalue weighted by atomic mass is 10.1. The average Bonchev–Trinajstić information content (AvgIpc) is 3.08. The molecule has 0 saturated heterocycles. The normalized spacial score (nSPS) is 10.9. The molecule has 0 bridgehead atoms. The molecule has 0 spiro atoms. The first-order valence-corrected chi connectivity index (χ1v) is 8.34. The van der Waals surface area contributed by atoms with Crippen molar-refractivity contribution in [2.45, 2.75) is 0 Å². The number of fused-ring (bicyclic) bond motifs is 1. The van der Waals surface area contributed by atoms with Crippen LogP contribution in [-0.2, 0) is 0 Å². The van der Waals surface area contributed by atoms with Gasteiger partial charge >= 0.3 is 0 Å². The zero-order chi connectivity index (χ0) is 16.5. The zero-order valence-corrected chi connectivity index (χ0v) is 13.8. The number of hydrogen-bond acceptors (Lipinski definition) is 4. The highest BCUT2D eigenvalue weighted by molar-refractivity contribution is 7.17. The maximum Gasteiger partial charge on any atom is 0.267 e. The highest BCUT2D eigenvalue weighted by Gasteiger charge is 2.14. The summed E-state index contributed by atoms with van der Waals surface area (Å²) in [5.41, 5.74) is 2.60. The van der Waals surface area contributed by atoms with Crippen molar-refractivity contribution in [3.63, 3.8) is 0 Å². The van der Waals surface area contributed by atoms with E-state index in [2.05, 4.69) is 4.98 Å². The lowest BCUT2D eigenvalue weighted by Gasteiger charge is -2.08. The molecule has 0 unspecified atom stereocenters. The summed E-state index contributed by atoms with van der Waals surface area (Å²) in [5.74, 6) is 0.702. The SMILES string of the molecule is COc1cccc(-n2cnc3scc(-c4ccccc4)c3c2=O)c1. The first-order chi connectivity index (χ1) is 11.8. The van der Waals surface area contributed by atoms with Gasteiger partial charge in [-0.05, 0) is 17.7 Å². The molecule has 118 valence electrons. The summed E-state index contributed by atoms with van der Waals surface area (Å²) < 4.78 is 6.81. The van der Waals surface area contributed by atoms with Gasteiger partial charge in [0.1, 0.15) is 16.9 Å². The number of hydrogen-bond donors (Lipinski definition) is 0. The number of methoxy groups -OCH3 is 1. The molecule has 0 N–H and O–H groups in total. The molecule has 24 heavy (non-hydrogen) atoms. The van der Waals surface area contributed by atoms with E-state index in [9.17, 15) is 4.79 Å². The molecule has 0 aliphatic heterocycles. The Morgan fingerprint density at radius 1 is 1.08 bits per heavy atom. The third-order valence-electron chi connectivity index (χ3n) is 3.91. The second-order valence-corrected chi connectivity index (χ2v) is 6.17. The second-order valence-electron chi connectivity index (χ2n) is 5.32. The Morgan fingerprint density at radius 3 is 2.71 bits per heavy atom. The predicted molar refractivity (Wildman–Crippen MR) is 97.2 cm³/mol. The van der Waals surface area contributed by atoms with Crippen LogP contribution in [0.5, 0.6) is 5.75 Å². The van der Waals surface area contributed by atoms with Crippen LogP contribution in [-0.4, -0.2) is 16.7 Å². The zero-order valence-electron chi connectivity index (χ0n) is 13.0. The van der Waals surface area contributed by atoms with Crippen LogP contribution in [0.25, 0.3) is 27.0 Å². The van der Waals surface area contributed by atoms with E-state index in [0.717, 1.165) is 21.6 Å². The van der Waals surface area contributed by atoms with E-state index in [0.29, 0.717) is 11.1 Å². The van der Waals surface area contributed by atoms with Gasteiger partial charge in [-0.2, -0.15) is 0 Å². The Hall–Kier alpha value is -2.92. The lowest BCUT2D eigenvalue weighted by Crippen LogP contribution is -2.18. The molecule has 0 atom stereocenters. The molecule has 0 aliphatic rings. The van der Waals surface area contributed by atoms with Crippen molar-refractivity contribution in [2.75, 3.05) is 7.11 Å². The van der Waals surface area contributed by atoms with Crippen LogP contribution in [0.2, 0.25) is 0 Å². The molecule has 2 heterocycles. The number of rotatable bonds is 3. The minimum Gasteiger partial charge on any atom is -0.497 e. The lowest BCUT2D eigenvalue weighted by molar-refractivity contribution is 0.414. The largest absolute Gasteiger partial charge is 0.497 e. The Kier molecular flexibility index (Phi) is 3.63. The van der Waals surface area contributed by atoms with E-state index in [1.54, 1.807) is 18.0 Å². The average molecular weight is 334 g/mol. The molecule has 0 saturated carbocycles. The van der Waals surface area contributed by atoms with Crippen LogP contribution >= 0.6 is 11.3 Å². The van der Waals surface area contributed by atoms with Crippen molar-refractivity contribution < 1.29 is 4.74 Å². The summed E-state index contributed by atoms with van der Waals surface area (Å²) in [6.07, 6.45) is 1.57. The number of benzene rings is 2. The van der Waals surface area contributed by atoms with Gasteiger partial charge in [0, 0.05) is 17.0 Å². The fourth-order valence-corrected chi connectivity index (χ4v) is 3.61. The quantitative estimate of drug-likeness (QED) is 0.566. The molecule has 0 radical (unpaired) electrons. The second kappa shape index (κ2) is 5.94. The molecular weight excluding hydrogens is 320 g/mol. The number of ether oxygens (including phenoxy) is 1. The molecule has 0 fully saturated rings. The minimum atomic E-state index is -0.0756. The van der Waals surface area contributed by atoms with Crippen molar-refractivity contribution in [3.8, 4) is 22.6 Å². The predicted octanol–water partition coefficient (Wildman–Crippen LogP) is 4.12. The van der Waals surface area contributed by atoms with Crippen molar-refractivity contribution >= 4 is 21.6 Å². The van der Waals surface area contributed by atoms with Crippen molar-refractivity contribution in [1.82, 2.24) is 9.55 Å². The van der Waals surface area contributed by atoms with Gasteiger partial charge in [-0.15, -0.1) is 11.3 Å². The van der Waals surface area contributed by atoms with E-state index in [1.165, 1.54) is 11.3 Å². The van der Waals surface area contributed by atoms with E-state index >= 15 is 0 Å². The maximum absolute atomic E-state index is 13.1. The standard InChI is InChI=1S/C19H14N2O2S/c1-23-15-9-5-8-14(10-15)21-12-20-18-17(19(21)22)16(11-24-18)13-6-3-2-4-7-13/h2-12H,1H3. The monoisotopic (exact) mass is 334 g/mol. The van der Waals surface area contributed by atoms with Gasteiger partial charge in [-0.1, -0.05) is 36.4 Å². The summed E-state index contributed by atoms with van der Waals surface area (Å²) in [4.78, 5) is 18.3. The molecule has 0 amide bonds. The van der Waals surface area contributed by atoms with Gasteiger partial charge in [0.05, 0.1) is 18.2 Å². The molecule has 5 heteroatoms. The van der Waals surface area contributed by atoms with Crippen LogP contribution < -0.4 is 10.3 Å². The van der Waals surface area contributed by atoms with E-state index in [4.69, 9.17) is 4.74 Å². The van der Waals surface area contributed by atoms with Gasteiger partial charge < -0.3 is 4.74 Å². The van der Waals surface area contributed by atoms with Crippen LogP contribution in [0.15, 0.2) is 71.1 Å². The van der Waals surface area contributed by atoms with E-state index in [-0.39, 0.29) is 5.56 Å². The van der Waals surface area contributed by atoms with Crippen LogP contribution in [0.1, 0.15) is 0 Å². The van der Waals surface area contributed by atoms with Crippen molar-refractivity contribution in [2.24, 2.45) is 0 Å². The highest BCUT2D eigenvalue weighted by Crippen LogP contribution is 2.30. The first-order valence-electron chi connectivity index (χ1n) is 7.46. The van der Waals surface area contributed by atoms with Gasteiger partial charge in [0.15, 0.2) is 0 Å². The summed E-state index contributed by atoms with van der Waals surface area (Å²) in [6.45, 7) is 0. The summed E-state index contributed by atoms with van der Waals surface area (Å²) in [7, 11) is 1.61. The van der Waals surface area contributed by atoms with Gasteiger partial charge in [-0.3, -0.25) is 9.36 Å². The fourth-order valence-electron chi connectivity index (χ4n) is 2.71. The number of aromatic nitrogens is 2. The van der Waals surface area contributed by atoms with Gasteiger partial charge in [-0.25, -0.2) is 4.98 Å². The van der Waals surface area contributed by atoms with Gasteiger partial charge in [0.2, 0.25) is 0 Å². The Labute approximate surface area is 142 Å². The molecule has 4 nitrogen and oxygen atoms in total. The van der Waals surface area contributed by atoms with Crippen LogP contribution in [0.3, 0.4) is 0 Å². The summed E-state index contributed by atoms with van der Waals surface area (Å²) in [5, 5.41) is 2.64. The fraction of sp³-hybridized carbons (Fsp3) is 0.0526. The van der Waals surface area contributed by atoms with Crippen LogP contribution in [0, 0.1) is 0 Å². The Balaban J connectivity index is 1.96. The van der Waals surface area contributed by atoms with Crippen molar-refractivity contribution in [1.29, 1.82) is 0 Å². The van der Waals surface area contributed by atoms with Crippen LogP contribution in [0.4, 0.5) is 0 Å². The third kappa shape index (κ3) is 2.39. The summed E-state index contributed by atoms with van der Waals surface area (Å²) in [6, 6.07) is 17.3. The van der Waals surface area contributed by atoms with E-state index < -0.39 is 0 Å². The van der Waals surface area contributed by atoms with Gasteiger partial charge in [0.25, 0.3) is 5.56 Å². The number of nitrogens with zero attached hydrogens (tertiary/aromatic N) is 2. The molecule has 2 aromatic carbocycles. The highest BCUT2D eigenvalue weighted by atomic mass is 32.1. The Morgan fingerprint density at radius 2 is 1.92 bits per heavy atom. The molecule has 4 aromatic rings. The van der Waals surface area contributed by atoms with Crippen molar-refractivity contribution in [3.05, 3.63) is 76.7 Å². The minimum absolute atomic E-state index is 0.0756. The Bertz CT molecular complexity index is 1070. The topological polar surface area (TPSA) is 44.1 Å². The summed E-state index contributed by atoms with van der Waals surface area (Å²) >= 11 is 1.49. The van der Waals surface area contributed by atoms with E-state index in [1.807, 2.05) is 60.0 Å².